The maximum Gasteiger partial charge on any atom is 0.325 e. The predicted octanol–water partition coefficient (Wildman–Crippen LogP) is 1.47. The molecule has 1 unspecified atom stereocenters. The van der Waals surface area contributed by atoms with Crippen molar-refractivity contribution in [2.75, 3.05) is 6.61 Å². The number of carbonyl (C=O) groups is 3. The SMILES string of the molecule is CCOC(=O)C(CC(=O)C(C)C)NNC(=O)c1ccccc1. The number of hydrogen-bond donors (Lipinski definition) is 2. The number of hydrazine groups is 1. The molecule has 0 spiro atoms. The van der Waals surface area contributed by atoms with E-state index in [4.69, 9.17) is 4.74 Å². The van der Waals surface area contributed by atoms with Crippen LogP contribution in [0.25, 0.3) is 0 Å². The molecule has 1 atom stereocenters. The molecule has 0 saturated heterocycles. The molecule has 0 bridgehead atoms. The smallest absolute Gasteiger partial charge is 0.325 e. The van der Waals surface area contributed by atoms with Crippen LogP contribution in [0.4, 0.5) is 0 Å². The number of amides is 1. The molecule has 0 aliphatic heterocycles. The van der Waals surface area contributed by atoms with Gasteiger partial charge in [0, 0.05) is 17.9 Å². The van der Waals surface area contributed by atoms with E-state index < -0.39 is 12.0 Å². The third-order valence-corrected chi connectivity index (χ3v) is 3.02. The Morgan fingerprint density at radius 2 is 1.77 bits per heavy atom. The van der Waals surface area contributed by atoms with Crippen molar-refractivity contribution >= 4 is 17.7 Å². The largest absolute Gasteiger partial charge is 0.465 e. The highest BCUT2D eigenvalue weighted by atomic mass is 16.5. The third-order valence-electron chi connectivity index (χ3n) is 3.02. The standard InChI is InChI=1S/C16H22N2O4/c1-4-22-16(21)13(10-14(19)11(2)3)17-18-15(20)12-8-6-5-7-9-12/h5-9,11,13,17H,4,10H2,1-3H3,(H,18,20). The van der Waals surface area contributed by atoms with E-state index in [2.05, 4.69) is 10.9 Å². The second kappa shape index (κ2) is 8.94. The Balaban J connectivity index is 2.66. The zero-order valence-corrected chi connectivity index (χ0v) is 13.1. The summed E-state index contributed by atoms with van der Waals surface area (Å²) in [5.74, 6) is -1.22. The molecule has 0 aliphatic rings. The van der Waals surface area contributed by atoms with E-state index in [0.29, 0.717) is 5.56 Å². The van der Waals surface area contributed by atoms with Gasteiger partial charge in [-0.05, 0) is 19.1 Å². The Morgan fingerprint density at radius 3 is 2.32 bits per heavy atom. The summed E-state index contributed by atoms with van der Waals surface area (Å²) in [6.07, 6.45) is -0.0361. The number of Topliss-reactive ketones (excluding diaryl/α,β-unsaturated/α-hetero) is 1. The van der Waals surface area contributed by atoms with E-state index in [0.717, 1.165) is 0 Å². The minimum absolute atomic E-state index is 0.0361. The molecule has 1 rings (SSSR count). The minimum Gasteiger partial charge on any atom is -0.465 e. The van der Waals surface area contributed by atoms with Gasteiger partial charge in [-0.15, -0.1) is 0 Å². The molecule has 1 amide bonds. The third kappa shape index (κ3) is 5.65. The number of hydrogen-bond acceptors (Lipinski definition) is 5. The second-order valence-corrected chi connectivity index (χ2v) is 5.09. The van der Waals surface area contributed by atoms with Crippen LogP contribution in [0, 0.1) is 5.92 Å². The van der Waals surface area contributed by atoms with E-state index in [1.807, 2.05) is 0 Å². The van der Waals surface area contributed by atoms with Gasteiger partial charge >= 0.3 is 5.97 Å². The Bertz CT molecular complexity index is 514. The average molecular weight is 306 g/mol. The van der Waals surface area contributed by atoms with Crippen LogP contribution >= 0.6 is 0 Å². The van der Waals surface area contributed by atoms with Crippen LogP contribution in [0.2, 0.25) is 0 Å². The number of esters is 1. The zero-order chi connectivity index (χ0) is 16.5. The van der Waals surface area contributed by atoms with Crippen molar-refractivity contribution in [1.82, 2.24) is 10.9 Å². The Labute approximate surface area is 130 Å². The van der Waals surface area contributed by atoms with Crippen LogP contribution in [-0.2, 0) is 14.3 Å². The maximum absolute atomic E-state index is 11.9. The van der Waals surface area contributed by atoms with Gasteiger partial charge in [-0.1, -0.05) is 32.0 Å². The summed E-state index contributed by atoms with van der Waals surface area (Å²) in [5.41, 5.74) is 5.49. The van der Waals surface area contributed by atoms with Gasteiger partial charge in [0.15, 0.2) is 0 Å². The summed E-state index contributed by atoms with van der Waals surface area (Å²) in [6, 6.07) is 7.67. The first kappa shape index (κ1) is 17.8. The zero-order valence-electron chi connectivity index (χ0n) is 13.1. The first-order valence-corrected chi connectivity index (χ1v) is 7.26. The molecule has 0 radical (unpaired) electrons. The quantitative estimate of drug-likeness (QED) is 0.561. The van der Waals surface area contributed by atoms with E-state index in [9.17, 15) is 14.4 Å². The molecule has 1 aromatic carbocycles. The molecule has 0 heterocycles. The molecule has 120 valence electrons. The van der Waals surface area contributed by atoms with Gasteiger partial charge in [0.25, 0.3) is 5.91 Å². The van der Waals surface area contributed by atoms with Gasteiger partial charge in [-0.3, -0.25) is 19.8 Å². The van der Waals surface area contributed by atoms with Crippen molar-refractivity contribution in [1.29, 1.82) is 0 Å². The van der Waals surface area contributed by atoms with E-state index in [1.54, 1.807) is 51.1 Å². The van der Waals surface area contributed by atoms with Crippen molar-refractivity contribution in [2.45, 2.75) is 33.2 Å². The topological polar surface area (TPSA) is 84.5 Å². The van der Waals surface area contributed by atoms with Crippen LogP contribution < -0.4 is 10.9 Å². The summed E-state index contributed by atoms with van der Waals surface area (Å²) < 4.78 is 4.92. The van der Waals surface area contributed by atoms with E-state index in [-0.39, 0.29) is 30.6 Å². The fraction of sp³-hybridized carbons (Fsp3) is 0.438. The van der Waals surface area contributed by atoms with Crippen molar-refractivity contribution in [2.24, 2.45) is 5.92 Å². The number of rotatable bonds is 8. The number of ketones is 1. The average Bonchev–Trinajstić information content (AvgIpc) is 2.51. The van der Waals surface area contributed by atoms with Crippen molar-refractivity contribution in [3.63, 3.8) is 0 Å². The lowest BCUT2D eigenvalue weighted by atomic mass is 10.0. The van der Waals surface area contributed by atoms with Crippen LogP contribution in [0.3, 0.4) is 0 Å². The van der Waals surface area contributed by atoms with Gasteiger partial charge in [0.05, 0.1) is 6.61 Å². The number of nitrogens with one attached hydrogen (secondary N) is 2. The summed E-state index contributed by atoms with van der Waals surface area (Å²) in [6.45, 7) is 5.40. The van der Waals surface area contributed by atoms with Crippen LogP contribution in [0.5, 0.6) is 0 Å². The highest BCUT2D eigenvalue weighted by Gasteiger charge is 2.24. The van der Waals surface area contributed by atoms with Crippen LogP contribution in [0.1, 0.15) is 37.6 Å². The Kier molecular flexibility index (Phi) is 7.25. The van der Waals surface area contributed by atoms with Gasteiger partial charge < -0.3 is 4.74 Å². The summed E-state index contributed by atoms with van der Waals surface area (Å²) in [7, 11) is 0. The molecule has 1 aromatic rings. The fourth-order valence-corrected chi connectivity index (χ4v) is 1.69. The van der Waals surface area contributed by atoms with E-state index in [1.165, 1.54) is 0 Å². The van der Waals surface area contributed by atoms with Gasteiger partial charge in [0.1, 0.15) is 11.8 Å². The summed E-state index contributed by atoms with van der Waals surface area (Å²) in [4.78, 5) is 35.6. The minimum atomic E-state index is -0.900. The lowest BCUT2D eigenvalue weighted by Crippen LogP contribution is -2.50. The monoisotopic (exact) mass is 306 g/mol. The van der Waals surface area contributed by atoms with Gasteiger partial charge in [-0.2, -0.15) is 0 Å². The Morgan fingerprint density at radius 1 is 1.14 bits per heavy atom. The van der Waals surface area contributed by atoms with Crippen molar-refractivity contribution in [3.05, 3.63) is 35.9 Å². The van der Waals surface area contributed by atoms with Gasteiger partial charge in [-0.25, -0.2) is 5.43 Å². The molecule has 0 saturated carbocycles. The molecule has 0 aromatic heterocycles. The second-order valence-electron chi connectivity index (χ2n) is 5.09. The molecule has 0 fully saturated rings. The molecule has 22 heavy (non-hydrogen) atoms. The van der Waals surface area contributed by atoms with Crippen LogP contribution in [-0.4, -0.2) is 30.3 Å². The summed E-state index contributed by atoms with van der Waals surface area (Å²) in [5, 5.41) is 0. The predicted molar refractivity (Wildman–Crippen MR) is 81.9 cm³/mol. The number of benzene rings is 1. The molecule has 6 heteroatoms. The maximum atomic E-state index is 11.9. The number of carbonyl (C=O) groups excluding carboxylic acids is 3. The molecule has 0 aliphatic carbocycles. The first-order chi connectivity index (χ1) is 10.5. The van der Waals surface area contributed by atoms with Crippen molar-refractivity contribution < 1.29 is 19.1 Å². The van der Waals surface area contributed by atoms with E-state index >= 15 is 0 Å². The van der Waals surface area contributed by atoms with Crippen molar-refractivity contribution in [3.8, 4) is 0 Å². The highest BCUT2D eigenvalue weighted by molar-refractivity contribution is 5.94. The Hall–Kier alpha value is -2.21. The molecule has 6 nitrogen and oxygen atoms in total. The lowest BCUT2D eigenvalue weighted by Gasteiger charge is -2.18. The highest BCUT2D eigenvalue weighted by Crippen LogP contribution is 2.04. The molecular formula is C16H22N2O4. The lowest BCUT2D eigenvalue weighted by molar-refractivity contribution is -0.147. The molecule has 2 N–H and O–H groups in total. The summed E-state index contributed by atoms with van der Waals surface area (Å²) >= 11 is 0. The fourth-order valence-electron chi connectivity index (χ4n) is 1.69. The first-order valence-electron chi connectivity index (χ1n) is 7.26. The van der Waals surface area contributed by atoms with Crippen LogP contribution in [0.15, 0.2) is 30.3 Å². The normalized spacial score (nSPS) is 11.8. The number of ether oxygens (including phenoxy) is 1. The molecular weight excluding hydrogens is 284 g/mol. The van der Waals surface area contributed by atoms with Gasteiger partial charge in [0.2, 0.25) is 0 Å².